The number of H-pyrrole nitrogens is 1. The van der Waals surface area contributed by atoms with Crippen molar-refractivity contribution >= 4 is 16.9 Å². The number of carbonyl (C=O) groups is 1. The fourth-order valence-corrected chi connectivity index (χ4v) is 1.84. The molecule has 6 heteroatoms. The summed E-state index contributed by atoms with van der Waals surface area (Å²) < 4.78 is 10.6. The van der Waals surface area contributed by atoms with Crippen molar-refractivity contribution in [3.63, 3.8) is 0 Å². The molecule has 1 aromatic heterocycles. The van der Waals surface area contributed by atoms with Crippen LogP contribution in [0.25, 0.3) is 10.9 Å². The number of aromatic carboxylic acids is 1. The number of hydrogen-bond donors (Lipinski definition) is 2. The second-order valence-corrected chi connectivity index (χ2v) is 3.81. The number of carboxylic acids is 1. The van der Waals surface area contributed by atoms with Crippen LogP contribution in [-0.4, -0.2) is 29.8 Å². The molecule has 0 unspecified atom stereocenters. The maximum atomic E-state index is 11.7. The summed E-state index contributed by atoms with van der Waals surface area (Å²) >= 11 is 0. The van der Waals surface area contributed by atoms with E-state index in [1.807, 2.05) is 6.92 Å². The Kier molecular flexibility index (Phi) is 3.41. The molecule has 100 valence electrons. The molecule has 2 N–H and O–H groups in total. The molecule has 0 radical (unpaired) electrons. The van der Waals surface area contributed by atoms with E-state index in [1.54, 1.807) is 12.1 Å². The lowest BCUT2D eigenvalue weighted by Gasteiger charge is -2.12. The molecule has 0 fully saturated rings. The molecule has 0 aliphatic rings. The summed E-state index contributed by atoms with van der Waals surface area (Å²) in [7, 11) is 1.49. The van der Waals surface area contributed by atoms with Gasteiger partial charge in [0.2, 0.25) is 0 Å². The molecular formula is C13H13NO5. The summed E-state index contributed by atoms with van der Waals surface area (Å²) in [6.45, 7) is 2.21. The van der Waals surface area contributed by atoms with E-state index in [-0.39, 0.29) is 5.56 Å². The van der Waals surface area contributed by atoms with Crippen LogP contribution in [0.2, 0.25) is 0 Å². The van der Waals surface area contributed by atoms with Gasteiger partial charge in [-0.15, -0.1) is 0 Å². The van der Waals surface area contributed by atoms with Gasteiger partial charge in [0.25, 0.3) is 5.56 Å². The molecule has 6 nitrogen and oxygen atoms in total. The topological polar surface area (TPSA) is 88.6 Å². The minimum atomic E-state index is -1.27. The van der Waals surface area contributed by atoms with Gasteiger partial charge in [-0.2, -0.15) is 0 Å². The summed E-state index contributed by atoms with van der Waals surface area (Å²) in [6.07, 6.45) is 0. The van der Waals surface area contributed by atoms with Gasteiger partial charge in [0.05, 0.1) is 19.2 Å². The first kappa shape index (κ1) is 12.9. The monoisotopic (exact) mass is 263 g/mol. The summed E-state index contributed by atoms with van der Waals surface area (Å²) in [5, 5.41) is 9.49. The van der Waals surface area contributed by atoms with Gasteiger partial charge in [-0.05, 0) is 25.1 Å². The molecular weight excluding hydrogens is 250 g/mol. The van der Waals surface area contributed by atoms with Gasteiger partial charge >= 0.3 is 5.97 Å². The van der Waals surface area contributed by atoms with Crippen molar-refractivity contribution < 1.29 is 19.4 Å². The molecule has 0 aliphatic heterocycles. The van der Waals surface area contributed by atoms with Gasteiger partial charge < -0.3 is 19.6 Å². The Morgan fingerprint density at radius 1 is 1.42 bits per heavy atom. The van der Waals surface area contributed by atoms with Crippen LogP contribution in [-0.2, 0) is 0 Å². The fourth-order valence-electron chi connectivity index (χ4n) is 1.84. The highest BCUT2D eigenvalue weighted by Gasteiger charge is 2.15. The Bertz CT molecular complexity index is 689. The molecule has 2 rings (SSSR count). The van der Waals surface area contributed by atoms with Gasteiger partial charge in [-0.1, -0.05) is 0 Å². The number of aromatic nitrogens is 1. The summed E-state index contributed by atoms with van der Waals surface area (Å²) in [6, 6.07) is 4.65. The van der Waals surface area contributed by atoms with Crippen molar-refractivity contribution in [1.82, 2.24) is 4.98 Å². The molecule has 0 saturated heterocycles. The summed E-state index contributed by atoms with van der Waals surface area (Å²) in [5.41, 5.74) is -0.550. The maximum absolute atomic E-state index is 11.7. The number of benzene rings is 1. The van der Waals surface area contributed by atoms with E-state index in [9.17, 15) is 9.59 Å². The quantitative estimate of drug-likeness (QED) is 0.875. The SMILES string of the molecule is CCOc1c(OC)ccc2cc(C(=O)O)c(=O)[nH]c12. The van der Waals surface area contributed by atoms with Crippen molar-refractivity contribution in [3.05, 3.63) is 34.1 Å². The van der Waals surface area contributed by atoms with Crippen LogP contribution in [0.3, 0.4) is 0 Å². The van der Waals surface area contributed by atoms with Gasteiger partial charge in [0.1, 0.15) is 5.56 Å². The molecule has 0 saturated carbocycles. The van der Waals surface area contributed by atoms with Crippen molar-refractivity contribution in [1.29, 1.82) is 0 Å². The number of aromatic amines is 1. The number of pyridine rings is 1. The summed E-state index contributed by atoms with van der Waals surface area (Å²) in [5.74, 6) is -0.387. The average molecular weight is 263 g/mol. The predicted octanol–water partition coefficient (Wildman–Crippen LogP) is 1.63. The molecule has 0 aliphatic carbocycles. The highest BCUT2D eigenvalue weighted by molar-refractivity contribution is 5.94. The normalized spacial score (nSPS) is 10.4. The molecule has 1 heterocycles. The number of hydrogen-bond acceptors (Lipinski definition) is 4. The fraction of sp³-hybridized carbons (Fsp3) is 0.231. The standard InChI is InChI=1S/C13H13NO5/c1-3-19-11-9(18-2)5-4-7-6-8(13(16)17)12(15)14-10(7)11/h4-6H,3H2,1-2H3,(H,14,15)(H,16,17). The highest BCUT2D eigenvalue weighted by Crippen LogP contribution is 2.33. The third-order valence-electron chi connectivity index (χ3n) is 2.68. The molecule has 0 bridgehead atoms. The lowest BCUT2D eigenvalue weighted by Crippen LogP contribution is -2.17. The van der Waals surface area contributed by atoms with E-state index < -0.39 is 11.5 Å². The van der Waals surface area contributed by atoms with Crippen LogP contribution < -0.4 is 15.0 Å². The molecule has 0 amide bonds. The van der Waals surface area contributed by atoms with Crippen molar-refractivity contribution in [3.8, 4) is 11.5 Å². The second-order valence-electron chi connectivity index (χ2n) is 3.81. The number of ether oxygens (including phenoxy) is 2. The zero-order valence-electron chi connectivity index (χ0n) is 10.5. The molecule has 0 atom stereocenters. The van der Waals surface area contributed by atoms with Gasteiger partial charge in [-0.3, -0.25) is 4.79 Å². The highest BCUT2D eigenvalue weighted by atomic mass is 16.5. The Labute approximate surface area is 108 Å². The van der Waals surface area contributed by atoms with Crippen LogP contribution >= 0.6 is 0 Å². The van der Waals surface area contributed by atoms with Crippen LogP contribution in [0, 0.1) is 0 Å². The maximum Gasteiger partial charge on any atom is 0.341 e. The van der Waals surface area contributed by atoms with E-state index in [0.29, 0.717) is 29.0 Å². The molecule has 2 aromatic rings. The van der Waals surface area contributed by atoms with Gasteiger partial charge in [0.15, 0.2) is 11.5 Å². The minimum absolute atomic E-state index is 0.305. The first-order valence-electron chi connectivity index (χ1n) is 5.68. The van der Waals surface area contributed by atoms with Crippen LogP contribution in [0.1, 0.15) is 17.3 Å². The zero-order chi connectivity index (χ0) is 14.0. The first-order valence-corrected chi connectivity index (χ1v) is 5.68. The lowest BCUT2D eigenvalue weighted by molar-refractivity contribution is 0.0695. The molecule has 0 spiro atoms. The van der Waals surface area contributed by atoms with E-state index >= 15 is 0 Å². The Balaban J connectivity index is 2.79. The number of fused-ring (bicyclic) bond motifs is 1. The van der Waals surface area contributed by atoms with Crippen molar-refractivity contribution in [2.45, 2.75) is 6.92 Å². The number of rotatable bonds is 4. The third-order valence-corrected chi connectivity index (χ3v) is 2.68. The summed E-state index contributed by atoms with van der Waals surface area (Å²) in [4.78, 5) is 25.1. The number of methoxy groups -OCH3 is 1. The van der Waals surface area contributed by atoms with Crippen LogP contribution in [0.4, 0.5) is 0 Å². The van der Waals surface area contributed by atoms with Crippen LogP contribution in [0.15, 0.2) is 23.0 Å². The molecule has 19 heavy (non-hydrogen) atoms. The van der Waals surface area contributed by atoms with Gasteiger partial charge in [-0.25, -0.2) is 4.79 Å². The third kappa shape index (κ3) is 2.24. The predicted molar refractivity (Wildman–Crippen MR) is 69.2 cm³/mol. The van der Waals surface area contributed by atoms with E-state index in [4.69, 9.17) is 14.6 Å². The Morgan fingerprint density at radius 3 is 2.74 bits per heavy atom. The average Bonchev–Trinajstić information content (AvgIpc) is 2.38. The molecule has 1 aromatic carbocycles. The zero-order valence-corrected chi connectivity index (χ0v) is 10.5. The lowest BCUT2D eigenvalue weighted by atomic mass is 10.1. The van der Waals surface area contributed by atoms with Crippen molar-refractivity contribution in [2.75, 3.05) is 13.7 Å². The number of nitrogens with one attached hydrogen (secondary N) is 1. The minimum Gasteiger partial charge on any atom is -0.493 e. The largest absolute Gasteiger partial charge is 0.493 e. The first-order chi connectivity index (χ1) is 9.08. The van der Waals surface area contributed by atoms with Gasteiger partial charge in [0, 0.05) is 5.39 Å². The second kappa shape index (κ2) is 5.01. The Hall–Kier alpha value is -2.50. The van der Waals surface area contributed by atoms with Crippen LogP contribution in [0.5, 0.6) is 11.5 Å². The van der Waals surface area contributed by atoms with E-state index in [1.165, 1.54) is 13.2 Å². The van der Waals surface area contributed by atoms with E-state index in [2.05, 4.69) is 4.98 Å². The number of carboxylic acid groups (broad SMARTS) is 1. The Morgan fingerprint density at radius 2 is 2.16 bits per heavy atom. The smallest absolute Gasteiger partial charge is 0.341 e. The van der Waals surface area contributed by atoms with E-state index in [0.717, 1.165) is 0 Å². The van der Waals surface area contributed by atoms with Crippen molar-refractivity contribution in [2.24, 2.45) is 0 Å².